The van der Waals surface area contributed by atoms with Gasteiger partial charge in [-0.3, -0.25) is 4.79 Å². The Morgan fingerprint density at radius 3 is 2.38 bits per heavy atom. The Morgan fingerprint density at radius 1 is 1.09 bits per heavy atom. The van der Waals surface area contributed by atoms with Gasteiger partial charge in [-0.15, -0.1) is 0 Å². The second kappa shape index (κ2) is 8.60. The molecular formula is C22H23F3N4O3. The first-order valence-corrected chi connectivity index (χ1v) is 10.3. The first kappa shape index (κ1) is 21.8. The van der Waals surface area contributed by atoms with Gasteiger partial charge in [0.2, 0.25) is 11.6 Å². The molecule has 1 aromatic carbocycles. The van der Waals surface area contributed by atoms with Crippen molar-refractivity contribution in [2.75, 3.05) is 12.4 Å². The van der Waals surface area contributed by atoms with E-state index in [1.807, 2.05) is 0 Å². The Labute approximate surface area is 182 Å². The number of nitrogens with one attached hydrogen (secondary N) is 2. The number of benzene rings is 1. The average Bonchev–Trinajstić information content (AvgIpc) is 3.13. The number of amides is 1. The molecule has 2 heterocycles. The molecule has 32 heavy (non-hydrogen) atoms. The maximum absolute atomic E-state index is 13.1. The zero-order chi connectivity index (χ0) is 22.9. The van der Waals surface area contributed by atoms with Crippen LogP contribution in [0.5, 0.6) is 11.6 Å². The van der Waals surface area contributed by atoms with Crippen LogP contribution in [0.4, 0.5) is 19.0 Å². The highest BCUT2D eigenvalue weighted by Gasteiger charge is 2.39. The van der Waals surface area contributed by atoms with E-state index in [1.54, 1.807) is 43.5 Å². The zero-order valence-electron chi connectivity index (χ0n) is 17.3. The molecule has 0 unspecified atom stereocenters. The smallest absolute Gasteiger partial charge is 0.438 e. The topological polar surface area (TPSA) is 87.9 Å². The monoisotopic (exact) mass is 448 g/mol. The van der Waals surface area contributed by atoms with Gasteiger partial charge in [-0.1, -0.05) is 6.07 Å². The van der Waals surface area contributed by atoms with Gasteiger partial charge in [-0.25, -0.2) is 9.38 Å². The summed E-state index contributed by atoms with van der Waals surface area (Å²) in [6.07, 6.45) is -1.87. The highest BCUT2D eigenvalue weighted by Crippen LogP contribution is 2.37. The van der Waals surface area contributed by atoms with Gasteiger partial charge < -0.3 is 20.5 Å². The number of hydrogen-bond donors (Lipinski definition) is 3. The van der Waals surface area contributed by atoms with Gasteiger partial charge in [0.25, 0.3) is 5.91 Å². The number of methoxy groups -OCH3 is 1. The van der Waals surface area contributed by atoms with Gasteiger partial charge in [0.05, 0.1) is 7.11 Å². The number of anilines is 1. The summed E-state index contributed by atoms with van der Waals surface area (Å²) in [5, 5.41) is 16.3. The molecule has 0 spiro atoms. The largest absolute Gasteiger partial charge is 0.497 e. The summed E-state index contributed by atoms with van der Waals surface area (Å²) in [7, 11) is 1.56. The zero-order valence-corrected chi connectivity index (χ0v) is 17.3. The van der Waals surface area contributed by atoms with Crippen LogP contribution in [-0.2, 0) is 6.18 Å². The molecule has 0 bridgehead atoms. The lowest BCUT2D eigenvalue weighted by Gasteiger charge is -2.30. The summed E-state index contributed by atoms with van der Waals surface area (Å²) in [5.74, 6) is -0.0731. The van der Waals surface area contributed by atoms with E-state index in [0.29, 0.717) is 30.0 Å². The summed E-state index contributed by atoms with van der Waals surface area (Å²) >= 11 is 0. The Kier molecular flexibility index (Phi) is 5.86. The van der Waals surface area contributed by atoms with Crippen molar-refractivity contribution in [1.82, 2.24) is 14.7 Å². The maximum atomic E-state index is 13.1. The number of carbonyl (C=O) groups excluding carboxylic acids is 1. The minimum atomic E-state index is -4.74. The van der Waals surface area contributed by atoms with Crippen molar-refractivity contribution in [2.24, 2.45) is 0 Å². The molecule has 1 amide bonds. The SMILES string of the molecule is COc1ccc(C(=O)NC2CCC(Nc3cccc4nc(C(F)(F)F)c(O)n34)CC2)cc1. The molecule has 0 radical (unpaired) electrons. The highest BCUT2D eigenvalue weighted by atomic mass is 19.4. The number of pyridine rings is 1. The second-order valence-corrected chi connectivity index (χ2v) is 7.78. The van der Waals surface area contributed by atoms with Crippen LogP contribution in [0.2, 0.25) is 0 Å². The Hall–Kier alpha value is -3.43. The van der Waals surface area contributed by atoms with E-state index in [2.05, 4.69) is 15.6 Å². The lowest BCUT2D eigenvalue weighted by Crippen LogP contribution is -2.40. The minimum Gasteiger partial charge on any atom is -0.497 e. The van der Waals surface area contributed by atoms with Crippen LogP contribution in [0.3, 0.4) is 0 Å². The molecule has 7 nitrogen and oxygen atoms in total. The number of nitrogens with zero attached hydrogens (tertiary/aromatic N) is 2. The normalized spacial score (nSPS) is 19.0. The number of carbonyl (C=O) groups is 1. The number of halogens is 3. The van der Waals surface area contributed by atoms with Gasteiger partial charge in [0, 0.05) is 17.6 Å². The number of aromatic hydroxyl groups is 1. The van der Waals surface area contributed by atoms with E-state index in [9.17, 15) is 23.1 Å². The summed E-state index contributed by atoms with van der Waals surface area (Å²) in [6, 6.07) is 11.5. The molecule has 1 aliphatic rings. The number of imidazole rings is 1. The molecule has 3 aromatic rings. The Balaban J connectivity index is 1.38. The number of ether oxygens (including phenoxy) is 1. The van der Waals surface area contributed by atoms with Crippen LogP contribution < -0.4 is 15.4 Å². The molecule has 2 aromatic heterocycles. The van der Waals surface area contributed by atoms with Gasteiger partial charge in [0.15, 0.2) is 0 Å². The Bertz CT molecular complexity index is 1100. The fourth-order valence-corrected chi connectivity index (χ4v) is 3.98. The van der Waals surface area contributed by atoms with Crippen LogP contribution in [0.1, 0.15) is 41.7 Å². The second-order valence-electron chi connectivity index (χ2n) is 7.78. The van der Waals surface area contributed by atoms with Gasteiger partial charge in [-0.05, 0) is 62.1 Å². The molecule has 0 saturated heterocycles. The molecule has 170 valence electrons. The number of hydrogen-bond acceptors (Lipinski definition) is 5. The third-order valence-electron chi connectivity index (χ3n) is 5.65. The van der Waals surface area contributed by atoms with E-state index in [-0.39, 0.29) is 23.6 Å². The van der Waals surface area contributed by atoms with Crippen LogP contribution in [-0.4, -0.2) is 39.6 Å². The summed E-state index contributed by atoms with van der Waals surface area (Å²) in [4.78, 5) is 16.0. The first-order valence-electron chi connectivity index (χ1n) is 10.3. The predicted octanol–water partition coefficient (Wildman–Crippen LogP) is 4.22. The Morgan fingerprint density at radius 2 is 1.75 bits per heavy atom. The number of rotatable bonds is 5. The van der Waals surface area contributed by atoms with Crippen LogP contribution in [0.15, 0.2) is 42.5 Å². The van der Waals surface area contributed by atoms with Gasteiger partial charge in [-0.2, -0.15) is 13.2 Å². The molecule has 3 N–H and O–H groups in total. The maximum Gasteiger partial charge on any atom is 0.438 e. The van der Waals surface area contributed by atoms with E-state index in [0.717, 1.165) is 17.2 Å². The molecule has 1 fully saturated rings. The molecule has 0 aliphatic heterocycles. The standard InChI is InChI=1S/C22H23F3N4O3/c1-32-16-11-5-13(6-12-16)20(30)27-15-9-7-14(8-10-15)26-17-3-2-4-18-28-19(22(23,24)25)21(31)29(17)18/h2-6,11-12,14-15,26,31H,7-10H2,1H3,(H,27,30). The summed E-state index contributed by atoms with van der Waals surface area (Å²) in [6.45, 7) is 0. The fraction of sp³-hybridized carbons (Fsp3) is 0.364. The highest BCUT2D eigenvalue weighted by molar-refractivity contribution is 5.94. The average molecular weight is 448 g/mol. The van der Waals surface area contributed by atoms with E-state index < -0.39 is 17.8 Å². The molecule has 1 aliphatic carbocycles. The third-order valence-corrected chi connectivity index (χ3v) is 5.65. The lowest BCUT2D eigenvalue weighted by molar-refractivity contribution is -0.142. The summed E-state index contributed by atoms with van der Waals surface area (Å²) < 4.78 is 45.4. The van der Waals surface area contributed by atoms with Crippen molar-refractivity contribution in [2.45, 2.75) is 43.9 Å². The predicted molar refractivity (Wildman–Crippen MR) is 112 cm³/mol. The molecule has 4 rings (SSSR count). The number of aromatic nitrogens is 2. The van der Waals surface area contributed by atoms with Crippen LogP contribution >= 0.6 is 0 Å². The van der Waals surface area contributed by atoms with E-state index in [4.69, 9.17) is 4.74 Å². The molecular weight excluding hydrogens is 425 g/mol. The van der Waals surface area contributed by atoms with Crippen molar-refractivity contribution in [3.63, 3.8) is 0 Å². The quantitative estimate of drug-likeness (QED) is 0.544. The van der Waals surface area contributed by atoms with Crippen molar-refractivity contribution in [1.29, 1.82) is 0 Å². The van der Waals surface area contributed by atoms with E-state index >= 15 is 0 Å². The fourth-order valence-electron chi connectivity index (χ4n) is 3.98. The number of fused-ring (bicyclic) bond motifs is 1. The third kappa shape index (κ3) is 4.44. The summed E-state index contributed by atoms with van der Waals surface area (Å²) in [5.41, 5.74) is -0.745. The van der Waals surface area contributed by atoms with Gasteiger partial charge >= 0.3 is 6.18 Å². The van der Waals surface area contributed by atoms with Crippen LogP contribution in [0, 0.1) is 0 Å². The van der Waals surface area contributed by atoms with Crippen molar-refractivity contribution in [3.8, 4) is 11.6 Å². The molecule has 10 heteroatoms. The lowest BCUT2D eigenvalue weighted by atomic mass is 9.91. The van der Waals surface area contributed by atoms with Gasteiger partial charge in [0.1, 0.15) is 17.2 Å². The van der Waals surface area contributed by atoms with Crippen molar-refractivity contribution < 1.29 is 27.8 Å². The van der Waals surface area contributed by atoms with Crippen molar-refractivity contribution >= 4 is 17.4 Å². The first-order chi connectivity index (χ1) is 15.3. The molecule has 0 atom stereocenters. The molecule has 1 saturated carbocycles. The number of alkyl halides is 3. The minimum absolute atomic E-state index is 0.00845. The van der Waals surface area contributed by atoms with Crippen molar-refractivity contribution in [3.05, 3.63) is 53.7 Å². The van der Waals surface area contributed by atoms with E-state index in [1.165, 1.54) is 6.07 Å². The van der Waals surface area contributed by atoms with Crippen LogP contribution in [0.25, 0.3) is 5.65 Å².